The molecule has 4 nitrogen and oxygen atoms in total. The molecule has 0 spiro atoms. The Hall–Kier alpha value is -1.06. The van der Waals surface area contributed by atoms with Crippen molar-refractivity contribution < 1.29 is 14.3 Å². The van der Waals surface area contributed by atoms with E-state index in [0.29, 0.717) is 26.0 Å². The van der Waals surface area contributed by atoms with Crippen molar-refractivity contribution in [3.8, 4) is 0 Å². The molecular weight excluding hydrogens is 386 g/mol. The minimum absolute atomic E-state index is 0.122. The third-order valence-electron chi connectivity index (χ3n) is 6.09. The van der Waals surface area contributed by atoms with Gasteiger partial charge in [-0.3, -0.25) is 9.59 Å². The van der Waals surface area contributed by atoms with Gasteiger partial charge in [-0.2, -0.15) is 0 Å². The average Bonchev–Trinajstić information content (AvgIpc) is 2.76. The maximum Gasteiger partial charge on any atom is 0.305 e. The minimum Gasteiger partial charge on any atom is -0.464 e. The number of likely N-dealkylation sites (N-methyl/N-ethyl adjacent to an activating group) is 1. The maximum absolute atomic E-state index is 12.2. The summed E-state index contributed by atoms with van der Waals surface area (Å²) in [5.41, 5.74) is 0. The molecule has 0 fully saturated rings. The Morgan fingerprint density at radius 3 is 1.42 bits per heavy atom. The van der Waals surface area contributed by atoms with E-state index in [1.54, 1.807) is 4.90 Å². The zero-order chi connectivity index (χ0) is 23.0. The Morgan fingerprint density at radius 1 is 0.581 bits per heavy atom. The molecule has 0 heterocycles. The largest absolute Gasteiger partial charge is 0.464 e. The molecule has 184 valence electrons. The van der Waals surface area contributed by atoms with Crippen molar-refractivity contribution in [2.24, 2.45) is 0 Å². The molecule has 0 unspecified atom stereocenters. The van der Waals surface area contributed by atoms with E-state index >= 15 is 0 Å². The van der Waals surface area contributed by atoms with Crippen LogP contribution < -0.4 is 0 Å². The fraction of sp³-hybridized carbons (Fsp3) is 0.926. The molecule has 0 aliphatic rings. The van der Waals surface area contributed by atoms with Gasteiger partial charge in [0, 0.05) is 19.9 Å². The highest BCUT2D eigenvalue weighted by molar-refractivity contribution is 5.75. The second-order valence-electron chi connectivity index (χ2n) is 9.19. The zero-order valence-electron chi connectivity index (χ0n) is 21.2. The van der Waals surface area contributed by atoms with Crippen molar-refractivity contribution in [2.75, 3.05) is 20.2 Å². The summed E-state index contributed by atoms with van der Waals surface area (Å²) in [7, 11) is 1.81. The molecule has 0 bridgehead atoms. The van der Waals surface area contributed by atoms with Crippen molar-refractivity contribution in [1.82, 2.24) is 4.90 Å². The highest BCUT2D eigenvalue weighted by atomic mass is 16.5. The van der Waals surface area contributed by atoms with Crippen LogP contribution in [0.3, 0.4) is 0 Å². The molecule has 0 aromatic rings. The van der Waals surface area contributed by atoms with E-state index in [2.05, 4.69) is 13.8 Å². The van der Waals surface area contributed by atoms with Crippen molar-refractivity contribution in [2.45, 2.75) is 142 Å². The Morgan fingerprint density at radius 2 is 0.968 bits per heavy atom. The lowest BCUT2D eigenvalue weighted by Gasteiger charge is -2.17. The van der Waals surface area contributed by atoms with Gasteiger partial charge < -0.3 is 9.64 Å². The number of amides is 1. The summed E-state index contributed by atoms with van der Waals surface area (Å²) in [6.07, 6.45) is 23.7. The van der Waals surface area contributed by atoms with E-state index in [1.165, 1.54) is 89.9 Å². The van der Waals surface area contributed by atoms with E-state index in [4.69, 9.17) is 4.74 Å². The molecule has 0 saturated heterocycles. The van der Waals surface area contributed by atoms with E-state index in [0.717, 1.165) is 25.7 Å². The molecule has 0 rings (SSSR count). The molecule has 31 heavy (non-hydrogen) atoms. The van der Waals surface area contributed by atoms with Crippen LogP contribution in [0.5, 0.6) is 0 Å². The third kappa shape index (κ3) is 21.9. The number of rotatable bonds is 23. The van der Waals surface area contributed by atoms with E-state index in [9.17, 15) is 9.59 Å². The van der Waals surface area contributed by atoms with Crippen LogP contribution >= 0.6 is 0 Å². The lowest BCUT2D eigenvalue weighted by molar-refractivity contribution is -0.145. The van der Waals surface area contributed by atoms with Gasteiger partial charge in [-0.1, -0.05) is 117 Å². The fourth-order valence-electron chi connectivity index (χ4n) is 3.85. The Bertz CT molecular complexity index is 411. The second kappa shape index (κ2) is 23.6. The van der Waals surface area contributed by atoms with Gasteiger partial charge in [0.2, 0.25) is 5.91 Å². The van der Waals surface area contributed by atoms with Crippen LogP contribution in [-0.4, -0.2) is 37.0 Å². The molecule has 0 radical (unpaired) electrons. The summed E-state index contributed by atoms with van der Waals surface area (Å²) in [5, 5.41) is 0. The molecule has 0 N–H and O–H groups in total. The summed E-state index contributed by atoms with van der Waals surface area (Å²) < 4.78 is 5.30. The molecule has 4 heteroatoms. The lowest BCUT2D eigenvalue weighted by atomic mass is 10.1. The topological polar surface area (TPSA) is 46.6 Å². The smallest absolute Gasteiger partial charge is 0.305 e. The van der Waals surface area contributed by atoms with Gasteiger partial charge in [0.25, 0.3) is 0 Å². The van der Waals surface area contributed by atoms with Gasteiger partial charge >= 0.3 is 5.97 Å². The molecular formula is C27H53NO3. The number of nitrogens with zero attached hydrogens (tertiary/aromatic N) is 1. The van der Waals surface area contributed by atoms with Crippen LogP contribution in [0.2, 0.25) is 0 Å². The maximum atomic E-state index is 12.2. The van der Waals surface area contributed by atoms with Crippen molar-refractivity contribution >= 4 is 11.9 Å². The first kappa shape index (κ1) is 29.9. The Balaban J connectivity index is 3.46. The van der Waals surface area contributed by atoms with E-state index in [-0.39, 0.29) is 11.9 Å². The quantitative estimate of drug-likeness (QED) is 0.120. The standard InChI is InChI=1S/C27H53NO3/c1-4-6-8-10-12-14-16-18-20-22-26(29)28(3)24-25-31-27(30)23-21-19-17-15-13-11-9-7-5-2/h4-25H2,1-3H3. The first-order valence-corrected chi connectivity index (χ1v) is 13.5. The van der Waals surface area contributed by atoms with Crippen LogP contribution in [0.25, 0.3) is 0 Å². The SMILES string of the molecule is CCCCCCCCCCCC(=O)OCCN(C)C(=O)CCCCCCCCCCC. The monoisotopic (exact) mass is 439 g/mol. The van der Waals surface area contributed by atoms with Crippen molar-refractivity contribution in [3.63, 3.8) is 0 Å². The predicted molar refractivity (Wildman–Crippen MR) is 132 cm³/mol. The van der Waals surface area contributed by atoms with Crippen LogP contribution in [0, 0.1) is 0 Å². The Labute approximate surface area is 193 Å². The zero-order valence-corrected chi connectivity index (χ0v) is 21.2. The van der Waals surface area contributed by atoms with Gasteiger partial charge in [0.05, 0.1) is 6.54 Å². The average molecular weight is 440 g/mol. The molecule has 0 aliphatic carbocycles. The number of carbonyl (C=O) groups excluding carboxylic acids is 2. The van der Waals surface area contributed by atoms with Gasteiger partial charge in [0.1, 0.15) is 6.61 Å². The molecule has 1 amide bonds. The molecule has 0 aliphatic heterocycles. The van der Waals surface area contributed by atoms with Gasteiger partial charge in [-0.05, 0) is 12.8 Å². The molecule has 0 aromatic carbocycles. The number of hydrogen-bond acceptors (Lipinski definition) is 3. The molecule has 0 aromatic heterocycles. The number of esters is 1. The van der Waals surface area contributed by atoms with Crippen LogP contribution in [0.4, 0.5) is 0 Å². The second-order valence-corrected chi connectivity index (χ2v) is 9.19. The molecule has 0 saturated carbocycles. The Kier molecular flexibility index (Phi) is 22.8. The highest BCUT2D eigenvalue weighted by Crippen LogP contribution is 2.12. The summed E-state index contributed by atoms with van der Waals surface area (Å²) in [5.74, 6) is 0.0423. The first-order valence-electron chi connectivity index (χ1n) is 13.5. The lowest BCUT2D eigenvalue weighted by Crippen LogP contribution is -2.30. The van der Waals surface area contributed by atoms with Crippen LogP contribution in [-0.2, 0) is 14.3 Å². The van der Waals surface area contributed by atoms with Gasteiger partial charge in [-0.25, -0.2) is 0 Å². The summed E-state index contributed by atoms with van der Waals surface area (Å²) >= 11 is 0. The number of unbranched alkanes of at least 4 members (excludes halogenated alkanes) is 16. The van der Waals surface area contributed by atoms with Crippen LogP contribution in [0.15, 0.2) is 0 Å². The third-order valence-corrected chi connectivity index (χ3v) is 6.09. The van der Waals surface area contributed by atoms with E-state index < -0.39 is 0 Å². The number of hydrogen-bond donors (Lipinski definition) is 0. The van der Waals surface area contributed by atoms with E-state index in [1.807, 2.05) is 7.05 Å². The highest BCUT2D eigenvalue weighted by Gasteiger charge is 2.09. The summed E-state index contributed by atoms with van der Waals surface area (Å²) in [6, 6.07) is 0. The minimum atomic E-state index is -0.122. The van der Waals surface area contributed by atoms with Crippen molar-refractivity contribution in [1.29, 1.82) is 0 Å². The van der Waals surface area contributed by atoms with Crippen molar-refractivity contribution in [3.05, 3.63) is 0 Å². The predicted octanol–water partition coefficient (Wildman–Crippen LogP) is 7.83. The normalized spacial score (nSPS) is 10.9. The van der Waals surface area contributed by atoms with Gasteiger partial charge in [-0.15, -0.1) is 0 Å². The number of carbonyl (C=O) groups is 2. The summed E-state index contributed by atoms with van der Waals surface area (Å²) in [4.78, 5) is 25.7. The number of ether oxygens (including phenoxy) is 1. The molecule has 0 atom stereocenters. The first-order chi connectivity index (χ1) is 15.1. The van der Waals surface area contributed by atoms with Gasteiger partial charge in [0.15, 0.2) is 0 Å². The fourth-order valence-corrected chi connectivity index (χ4v) is 3.85. The summed E-state index contributed by atoms with van der Waals surface area (Å²) in [6.45, 7) is 5.31. The van der Waals surface area contributed by atoms with Crippen LogP contribution in [0.1, 0.15) is 142 Å².